The van der Waals surface area contributed by atoms with Crippen molar-refractivity contribution in [2.45, 2.75) is 45.1 Å². The van der Waals surface area contributed by atoms with Gasteiger partial charge in [0, 0.05) is 11.3 Å². The van der Waals surface area contributed by atoms with Crippen LogP contribution >= 0.6 is 11.8 Å². The molecular formula is C21H23N3O4S. The fraction of sp³-hybridized carbons (Fsp3) is 0.333. The topological polar surface area (TPSA) is 98.1 Å². The van der Waals surface area contributed by atoms with E-state index in [-0.39, 0.29) is 12.4 Å². The number of benzene rings is 1. The maximum atomic E-state index is 12.9. The van der Waals surface area contributed by atoms with Crippen LogP contribution in [-0.4, -0.2) is 38.8 Å². The summed E-state index contributed by atoms with van der Waals surface area (Å²) >= 11 is 1.18. The molecule has 2 heterocycles. The predicted octanol–water partition coefficient (Wildman–Crippen LogP) is 4.53. The highest BCUT2D eigenvalue weighted by molar-refractivity contribution is 8.00. The van der Waals surface area contributed by atoms with Crippen molar-refractivity contribution in [1.29, 1.82) is 0 Å². The number of aromatic nitrogens is 3. The molecule has 0 bridgehead atoms. The fourth-order valence-corrected chi connectivity index (χ4v) is 3.73. The second-order valence-electron chi connectivity index (χ2n) is 6.71. The maximum Gasteiger partial charge on any atom is 0.340 e. The van der Waals surface area contributed by atoms with E-state index in [0.29, 0.717) is 33.6 Å². The molecule has 0 radical (unpaired) electrons. The molecule has 2 aromatic heterocycles. The van der Waals surface area contributed by atoms with Gasteiger partial charge in [-0.25, -0.2) is 4.79 Å². The van der Waals surface area contributed by atoms with Crippen molar-refractivity contribution in [3.8, 4) is 11.5 Å². The molecule has 0 aliphatic carbocycles. The Balaban J connectivity index is 1.75. The van der Waals surface area contributed by atoms with Crippen LogP contribution in [0.4, 0.5) is 0 Å². The van der Waals surface area contributed by atoms with E-state index in [9.17, 15) is 9.59 Å². The molecule has 7 nitrogen and oxygen atoms in total. The van der Waals surface area contributed by atoms with Crippen LogP contribution in [0.1, 0.15) is 51.5 Å². The molecule has 3 rings (SSSR count). The predicted molar refractivity (Wildman–Crippen MR) is 110 cm³/mol. The third-order valence-electron chi connectivity index (χ3n) is 4.52. The number of aryl methyl sites for hydroxylation is 2. The third kappa shape index (κ3) is 4.42. The van der Waals surface area contributed by atoms with E-state index >= 15 is 0 Å². The first-order valence-electron chi connectivity index (χ1n) is 9.29. The van der Waals surface area contributed by atoms with E-state index in [1.54, 1.807) is 27.7 Å². The largest absolute Gasteiger partial charge is 0.462 e. The van der Waals surface area contributed by atoms with Gasteiger partial charge in [-0.15, -0.1) is 10.2 Å². The normalized spacial score (nSPS) is 12.0. The number of esters is 1. The molecule has 0 amide bonds. The number of hydrogen-bond donors (Lipinski definition) is 1. The van der Waals surface area contributed by atoms with Gasteiger partial charge in [-0.05, 0) is 52.3 Å². The molecule has 152 valence electrons. The van der Waals surface area contributed by atoms with E-state index in [0.717, 1.165) is 11.1 Å². The van der Waals surface area contributed by atoms with Crippen molar-refractivity contribution in [3.63, 3.8) is 0 Å². The number of rotatable bonds is 7. The van der Waals surface area contributed by atoms with Gasteiger partial charge >= 0.3 is 5.97 Å². The lowest BCUT2D eigenvalue weighted by Crippen LogP contribution is -2.15. The molecule has 0 spiro atoms. The number of carbonyl (C=O) groups is 2. The van der Waals surface area contributed by atoms with Crippen molar-refractivity contribution in [3.05, 3.63) is 52.3 Å². The SMILES string of the molecule is CCOC(=O)c1c(C)[nH]c(C(=O)C(C)Sc2nnc(-c3ccc(C)cc3)o2)c1C. The van der Waals surface area contributed by atoms with Gasteiger partial charge in [-0.2, -0.15) is 0 Å². The molecule has 0 saturated carbocycles. The Labute approximate surface area is 173 Å². The Morgan fingerprint density at radius 1 is 1.17 bits per heavy atom. The molecule has 1 N–H and O–H groups in total. The van der Waals surface area contributed by atoms with Crippen molar-refractivity contribution in [2.75, 3.05) is 6.61 Å². The molecular weight excluding hydrogens is 390 g/mol. The Bertz CT molecular complexity index is 1040. The van der Waals surface area contributed by atoms with Crippen LogP contribution in [0.2, 0.25) is 0 Å². The van der Waals surface area contributed by atoms with Gasteiger partial charge in [-0.1, -0.05) is 29.5 Å². The summed E-state index contributed by atoms with van der Waals surface area (Å²) in [6.07, 6.45) is 0. The van der Waals surface area contributed by atoms with Crippen LogP contribution in [-0.2, 0) is 4.74 Å². The van der Waals surface area contributed by atoms with E-state index in [1.165, 1.54) is 11.8 Å². The molecule has 3 aromatic rings. The summed E-state index contributed by atoms with van der Waals surface area (Å²) in [5, 5.41) is 7.94. The van der Waals surface area contributed by atoms with Crippen LogP contribution in [0.5, 0.6) is 0 Å². The van der Waals surface area contributed by atoms with Gasteiger partial charge in [0.05, 0.1) is 23.1 Å². The smallest absolute Gasteiger partial charge is 0.340 e. The molecule has 0 aliphatic heterocycles. The highest BCUT2D eigenvalue weighted by Crippen LogP contribution is 2.29. The second kappa shape index (κ2) is 8.65. The van der Waals surface area contributed by atoms with Crippen molar-refractivity contribution in [1.82, 2.24) is 15.2 Å². The average Bonchev–Trinajstić information content (AvgIpc) is 3.26. The van der Waals surface area contributed by atoms with Crippen molar-refractivity contribution >= 4 is 23.5 Å². The number of aromatic amines is 1. The highest BCUT2D eigenvalue weighted by Gasteiger charge is 2.27. The number of thioether (sulfide) groups is 1. The third-order valence-corrected chi connectivity index (χ3v) is 5.45. The first-order chi connectivity index (χ1) is 13.8. The number of nitrogens with one attached hydrogen (secondary N) is 1. The van der Waals surface area contributed by atoms with E-state index in [4.69, 9.17) is 9.15 Å². The Kier molecular flexibility index (Phi) is 6.22. The Morgan fingerprint density at radius 2 is 1.86 bits per heavy atom. The van der Waals surface area contributed by atoms with E-state index < -0.39 is 11.2 Å². The average molecular weight is 413 g/mol. The molecule has 0 aliphatic rings. The summed E-state index contributed by atoms with van der Waals surface area (Å²) in [5.41, 5.74) is 3.96. The van der Waals surface area contributed by atoms with Crippen LogP contribution in [0.25, 0.3) is 11.5 Å². The zero-order valence-electron chi connectivity index (χ0n) is 17.0. The van der Waals surface area contributed by atoms with Crippen LogP contribution in [0, 0.1) is 20.8 Å². The Hall–Kier alpha value is -2.87. The number of ether oxygens (including phenoxy) is 1. The lowest BCUT2D eigenvalue weighted by molar-refractivity contribution is 0.0525. The summed E-state index contributed by atoms with van der Waals surface area (Å²) < 4.78 is 10.8. The van der Waals surface area contributed by atoms with Crippen molar-refractivity contribution in [2.24, 2.45) is 0 Å². The number of carbonyl (C=O) groups excluding carboxylic acids is 2. The lowest BCUT2D eigenvalue weighted by Gasteiger charge is -2.07. The number of Topliss-reactive ketones (excluding diaryl/α,β-unsaturated/α-hetero) is 1. The number of hydrogen-bond acceptors (Lipinski definition) is 7. The zero-order chi connectivity index (χ0) is 21.1. The summed E-state index contributed by atoms with van der Waals surface area (Å²) in [7, 11) is 0. The first-order valence-corrected chi connectivity index (χ1v) is 10.2. The zero-order valence-corrected chi connectivity index (χ0v) is 17.8. The second-order valence-corrected chi connectivity index (χ2v) is 8.00. The number of H-pyrrole nitrogens is 1. The van der Waals surface area contributed by atoms with Gasteiger partial charge in [0.15, 0.2) is 5.78 Å². The molecule has 1 aromatic carbocycles. The van der Waals surface area contributed by atoms with E-state index in [2.05, 4.69) is 15.2 Å². The van der Waals surface area contributed by atoms with Gasteiger partial charge in [0.25, 0.3) is 5.22 Å². The lowest BCUT2D eigenvalue weighted by atomic mass is 10.1. The molecule has 1 unspecified atom stereocenters. The first kappa shape index (κ1) is 20.9. The van der Waals surface area contributed by atoms with Gasteiger partial charge in [-0.3, -0.25) is 4.79 Å². The monoisotopic (exact) mass is 413 g/mol. The number of ketones is 1. The standard InChI is InChI=1S/C21H23N3O4S/c1-6-27-20(26)16-12(3)17(22-13(16)4)18(25)14(5)29-21-24-23-19(28-21)15-9-7-11(2)8-10-15/h7-10,14,22H,6H2,1-5H3. The van der Waals surface area contributed by atoms with Gasteiger partial charge in [0.1, 0.15) is 0 Å². The van der Waals surface area contributed by atoms with Gasteiger partial charge in [0.2, 0.25) is 5.89 Å². The van der Waals surface area contributed by atoms with Gasteiger partial charge < -0.3 is 14.1 Å². The molecule has 0 saturated heterocycles. The van der Waals surface area contributed by atoms with Crippen LogP contribution in [0.15, 0.2) is 33.9 Å². The van der Waals surface area contributed by atoms with Crippen LogP contribution < -0.4 is 0 Å². The molecule has 8 heteroatoms. The summed E-state index contributed by atoms with van der Waals surface area (Å²) in [5.74, 6) is -0.178. The quantitative estimate of drug-likeness (QED) is 0.345. The molecule has 1 atom stereocenters. The minimum Gasteiger partial charge on any atom is -0.462 e. The molecule has 0 fully saturated rings. The summed E-state index contributed by atoms with van der Waals surface area (Å²) in [6, 6.07) is 7.76. The minimum atomic E-state index is -0.479. The Morgan fingerprint density at radius 3 is 2.52 bits per heavy atom. The summed E-state index contributed by atoms with van der Waals surface area (Å²) in [4.78, 5) is 28.1. The highest BCUT2D eigenvalue weighted by atomic mass is 32.2. The molecule has 29 heavy (non-hydrogen) atoms. The fourth-order valence-electron chi connectivity index (χ4n) is 2.98. The summed E-state index contributed by atoms with van der Waals surface area (Å²) in [6.45, 7) is 9.28. The van der Waals surface area contributed by atoms with Crippen LogP contribution in [0.3, 0.4) is 0 Å². The minimum absolute atomic E-state index is 0.152. The van der Waals surface area contributed by atoms with E-state index in [1.807, 2.05) is 31.2 Å². The maximum absolute atomic E-state index is 12.9. The number of nitrogens with zero attached hydrogens (tertiary/aromatic N) is 2. The van der Waals surface area contributed by atoms with Crippen molar-refractivity contribution < 1.29 is 18.7 Å².